The van der Waals surface area contributed by atoms with E-state index in [0.29, 0.717) is 11.4 Å². The number of benzene rings is 2. The van der Waals surface area contributed by atoms with Crippen molar-refractivity contribution in [3.8, 4) is 12.1 Å². The molecule has 0 bridgehead atoms. The van der Waals surface area contributed by atoms with Gasteiger partial charge in [0.2, 0.25) is 5.91 Å². The number of nitrogens with two attached hydrogens (primary N) is 1. The van der Waals surface area contributed by atoms with Crippen LogP contribution in [0, 0.1) is 22.7 Å². The maximum Gasteiger partial charge on any atom is 0.289 e. The summed E-state index contributed by atoms with van der Waals surface area (Å²) in [5, 5.41) is 21.9. The van der Waals surface area contributed by atoms with Crippen molar-refractivity contribution in [3.05, 3.63) is 89.0 Å². The lowest BCUT2D eigenvalue weighted by molar-refractivity contribution is -0.410. The molecule has 6 nitrogen and oxygen atoms in total. The minimum Gasteiger partial charge on any atom is -0.348 e. The maximum absolute atomic E-state index is 12.7. The number of aromatic nitrogens is 1. The molecule has 3 rings (SSSR count). The van der Waals surface area contributed by atoms with Gasteiger partial charge in [-0.15, -0.1) is 0 Å². The zero-order valence-corrected chi connectivity index (χ0v) is 16.9. The smallest absolute Gasteiger partial charge is 0.289 e. The molecule has 1 amide bonds. The predicted molar refractivity (Wildman–Crippen MR) is 115 cm³/mol. The molecule has 1 atom stereocenters. The van der Waals surface area contributed by atoms with Gasteiger partial charge in [0.1, 0.15) is 23.3 Å². The number of amides is 1. The Labute approximate surface area is 179 Å². The summed E-state index contributed by atoms with van der Waals surface area (Å²) in [4.78, 5) is 15.5. The van der Waals surface area contributed by atoms with Crippen molar-refractivity contribution in [1.82, 2.24) is 5.32 Å². The second-order valence-electron chi connectivity index (χ2n) is 6.57. The highest BCUT2D eigenvalue weighted by Gasteiger charge is 2.18. The van der Waals surface area contributed by atoms with Crippen LogP contribution in [0.1, 0.15) is 28.3 Å². The molecule has 0 radical (unpaired) electrons. The van der Waals surface area contributed by atoms with Crippen LogP contribution in [0.5, 0.6) is 0 Å². The second kappa shape index (κ2) is 10.1. The Hall–Kier alpha value is -3.81. The molecule has 0 saturated heterocycles. The minimum absolute atomic E-state index is 0.106. The van der Waals surface area contributed by atoms with Crippen molar-refractivity contribution in [2.24, 2.45) is 0 Å². The summed E-state index contributed by atoms with van der Waals surface area (Å²) < 4.78 is 0. The molecule has 0 aliphatic heterocycles. The van der Waals surface area contributed by atoms with Crippen molar-refractivity contribution >= 4 is 23.5 Å². The fourth-order valence-electron chi connectivity index (χ4n) is 3.00. The molecule has 3 aromatic rings. The fourth-order valence-corrected chi connectivity index (χ4v) is 3.80. The normalized spacial score (nSPS) is 11.1. The number of pyridine rings is 1. The van der Waals surface area contributed by atoms with Crippen LogP contribution in [0.15, 0.2) is 71.8 Å². The number of nitrogen functional groups attached to an aromatic ring is 1. The first-order valence-corrected chi connectivity index (χ1v) is 10.3. The van der Waals surface area contributed by atoms with Gasteiger partial charge in [-0.2, -0.15) is 10.5 Å². The Morgan fingerprint density at radius 1 is 1.03 bits per heavy atom. The molecule has 0 aliphatic rings. The van der Waals surface area contributed by atoms with E-state index in [1.54, 1.807) is 0 Å². The summed E-state index contributed by atoms with van der Waals surface area (Å²) in [6.45, 7) is 0. The average Bonchev–Trinajstić information content (AvgIpc) is 2.78. The molecule has 0 spiro atoms. The van der Waals surface area contributed by atoms with Gasteiger partial charge in [0.15, 0.2) is 5.03 Å². The van der Waals surface area contributed by atoms with Gasteiger partial charge in [-0.25, -0.2) is 4.98 Å². The molecule has 4 N–H and O–H groups in total. The van der Waals surface area contributed by atoms with E-state index in [2.05, 4.69) is 10.3 Å². The molecule has 7 heteroatoms. The second-order valence-corrected chi connectivity index (χ2v) is 7.56. The minimum atomic E-state index is -0.174. The largest absolute Gasteiger partial charge is 0.348 e. The Kier molecular flexibility index (Phi) is 7.05. The van der Waals surface area contributed by atoms with Crippen molar-refractivity contribution in [2.45, 2.75) is 17.5 Å². The molecule has 0 unspecified atom stereocenters. The van der Waals surface area contributed by atoms with Gasteiger partial charge in [-0.3, -0.25) is 10.5 Å². The molecule has 0 aliphatic carbocycles. The topological polar surface area (TPSA) is 117 Å². The van der Waals surface area contributed by atoms with E-state index in [4.69, 9.17) is 11.0 Å². The molecule has 30 heavy (non-hydrogen) atoms. The van der Waals surface area contributed by atoms with Gasteiger partial charge in [0.25, 0.3) is 5.82 Å². The van der Waals surface area contributed by atoms with Crippen molar-refractivity contribution < 1.29 is 9.78 Å². The highest BCUT2D eigenvalue weighted by molar-refractivity contribution is 7.99. The SMILES string of the molecule is N#Cc1cc(C#N)c(SCC(=O)N[C@H](Cc2ccccc2)c2ccccc2)[nH+]c1N. The molecule has 0 saturated carbocycles. The van der Waals surface area contributed by atoms with E-state index in [-0.39, 0.29) is 34.6 Å². The predicted octanol–water partition coefficient (Wildman–Crippen LogP) is 3.02. The number of rotatable bonds is 7. The van der Waals surface area contributed by atoms with Crippen LogP contribution in [0.2, 0.25) is 0 Å². The highest BCUT2D eigenvalue weighted by atomic mass is 32.2. The number of thioether (sulfide) groups is 1. The lowest BCUT2D eigenvalue weighted by atomic mass is 9.99. The van der Waals surface area contributed by atoms with Crippen molar-refractivity contribution in [1.29, 1.82) is 10.5 Å². The van der Waals surface area contributed by atoms with Crippen molar-refractivity contribution in [3.63, 3.8) is 0 Å². The first-order valence-electron chi connectivity index (χ1n) is 9.27. The van der Waals surface area contributed by atoms with E-state index in [1.165, 1.54) is 17.8 Å². The number of nitrogens with one attached hydrogen (secondary N) is 2. The van der Waals surface area contributed by atoms with E-state index in [0.717, 1.165) is 11.1 Å². The summed E-state index contributed by atoms with van der Waals surface area (Å²) in [7, 11) is 0. The van der Waals surface area contributed by atoms with Crippen LogP contribution in [0.25, 0.3) is 0 Å². The number of nitrogens with zero attached hydrogens (tertiary/aromatic N) is 2. The summed E-state index contributed by atoms with van der Waals surface area (Å²) in [6.07, 6.45) is 0.667. The van der Waals surface area contributed by atoms with Gasteiger partial charge < -0.3 is 5.32 Å². The lowest BCUT2D eigenvalue weighted by Gasteiger charge is -2.19. The Morgan fingerprint density at radius 2 is 1.67 bits per heavy atom. The molecular weight excluding hydrogens is 394 g/mol. The van der Waals surface area contributed by atoms with E-state index in [9.17, 15) is 10.1 Å². The van der Waals surface area contributed by atoms with E-state index < -0.39 is 0 Å². The Balaban J connectivity index is 1.72. The fraction of sp³-hybridized carbons (Fsp3) is 0.130. The quantitative estimate of drug-likeness (QED) is 0.576. The number of H-pyrrole nitrogens is 1. The zero-order chi connectivity index (χ0) is 21.3. The number of hydrogen-bond donors (Lipinski definition) is 2. The van der Waals surface area contributed by atoms with Crippen LogP contribution in [0.3, 0.4) is 0 Å². The number of hydrogen-bond acceptors (Lipinski definition) is 5. The lowest BCUT2D eigenvalue weighted by Crippen LogP contribution is -2.31. The molecule has 0 fully saturated rings. The maximum atomic E-state index is 12.7. The zero-order valence-electron chi connectivity index (χ0n) is 16.1. The highest BCUT2D eigenvalue weighted by Crippen LogP contribution is 2.22. The first-order chi connectivity index (χ1) is 14.6. The number of aromatic amines is 1. The van der Waals surface area contributed by atoms with Gasteiger partial charge in [-0.05, 0) is 23.6 Å². The molecule has 148 valence electrons. The summed E-state index contributed by atoms with van der Waals surface area (Å²) in [5.74, 6) is 0.116. The van der Waals surface area contributed by atoms with E-state index >= 15 is 0 Å². The van der Waals surface area contributed by atoms with Gasteiger partial charge in [0, 0.05) is 0 Å². The summed E-state index contributed by atoms with van der Waals surface area (Å²) in [6, 6.07) is 25.0. The number of carbonyl (C=O) groups excluding carboxylic acids is 1. The molecule has 2 aromatic carbocycles. The van der Waals surface area contributed by atoms with E-state index in [1.807, 2.05) is 72.8 Å². The van der Waals surface area contributed by atoms with Crippen molar-refractivity contribution in [2.75, 3.05) is 11.5 Å². The van der Waals surface area contributed by atoms with Crippen LogP contribution < -0.4 is 16.0 Å². The molecule has 1 heterocycles. The third-order valence-corrected chi connectivity index (χ3v) is 5.50. The van der Waals surface area contributed by atoms with Gasteiger partial charge >= 0.3 is 0 Å². The van der Waals surface area contributed by atoms with Crippen LogP contribution >= 0.6 is 11.8 Å². The Morgan fingerprint density at radius 3 is 2.30 bits per heavy atom. The summed E-state index contributed by atoms with van der Waals surface area (Å²) >= 11 is 1.18. The first kappa shape index (κ1) is 20.9. The number of nitriles is 2. The number of anilines is 1. The average molecular weight is 415 g/mol. The van der Waals surface area contributed by atoms with Gasteiger partial charge in [0.05, 0.1) is 11.8 Å². The van der Waals surface area contributed by atoms with Gasteiger partial charge in [-0.1, -0.05) is 72.4 Å². The van der Waals surface area contributed by atoms with Crippen LogP contribution in [-0.4, -0.2) is 11.7 Å². The monoisotopic (exact) mass is 414 g/mol. The molecular formula is C23H20N5OS+. The molecule has 1 aromatic heterocycles. The van der Waals surface area contributed by atoms with Crippen LogP contribution in [-0.2, 0) is 11.2 Å². The standard InChI is InChI=1S/C23H19N5OS/c24-13-18-12-19(14-25)23(28-22(18)26)30-15-21(29)27-20(17-9-5-2-6-10-17)11-16-7-3-1-4-8-16/h1-10,12,20H,11,15H2,(H2,26,28)(H,27,29)/p+1/t20-/m1/s1. The van der Waals surface area contributed by atoms with Crippen LogP contribution in [0.4, 0.5) is 5.82 Å². The third kappa shape index (κ3) is 5.38. The summed E-state index contributed by atoms with van der Waals surface area (Å²) in [5.41, 5.74) is 8.43. The Bertz CT molecular complexity index is 1100. The third-order valence-electron chi connectivity index (χ3n) is 4.48. The number of carbonyl (C=O) groups is 1.